The quantitative estimate of drug-likeness (QED) is 0.105. The van der Waals surface area contributed by atoms with Crippen LogP contribution in [-0.2, 0) is 22.4 Å². The van der Waals surface area contributed by atoms with Gasteiger partial charge in [-0.05, 0) is 126 Å². The van der Waals surface area contributed by atoms with E-state index in [0.29, 0.717) is 58.2 Å². The van der Waals surface area contributed by atoms with Crippen molar-refractivity contribution >= 4 is 90.7 Å². The predicted octanol–water partition coefficient (Wildman–Crippen LogP) is 10.0. The van der Waals surface area contributed by atoms with Crippen molar-refractivity contribution < 1.29 is 19.8 Å². The number of rotatable bonds is 11. The molecule has 12 rings (SSSR count). The summed E-state index contributed by atoms with van der Waals surface area (Å²) in [5.74, 6) is 0.0238. The fourth-order valence-corrected chi connectivity index (χ4v) is 13.2. The second kappa shape index (κ2) is 25.1. The van der Waals surface area contributed by atoms with E-state index in [1.807, 2.05) is 48.5 Å². The van der Waals surface area contributed by atoms with Crippen LogP contribution < -0.4 is 15.1 Å². The zero-order chi connectivity index (χ0) is 55.3. The van der Waals surface area contributed by atoms with E-state index < -0.39 is 0 Å². The molecule has 0 radical (unpaired) electrons. The SMILES string of the molecule is CN(c1nc(-c2ccc(Cl)cc2)c(C#N)s1)C1CCc2ccc(C3=CCN(CC(=O)N4CC(O)C4)CC3)cc21.CN(c1nc(-c2ccc(Cl)cc2)c(C#N)s1)C1CCc2ccc(C3=CCNCC3)cc21.O=C(CCl)N1CC(O)C1. The number of carbonyl (C=O) groups is 2. The summed E-state index contributed by atoms with van der Waals surface area (Å²) in [4.78, 5) is 43.9. The zero-order valence-corrected chi connectivity index (χ0v) is 47.9. The summed E-state index contributed by atoms with van der Waals surface area (Å²) in [5, 5.41) is 44.1. The molecule has 3 N–H and O–H groups in total. The largest absolute Gasteiger partial charge is 0.389 e. The van der Waals surface area contributed by atoms with Gasteiger partial charge in [0.25, 0.3) is 0 Å². The predicted molar refractivity (Wildman–Crippen MR) is 317 cm³/mol. The number of benzene rings is 4. The number of amides is 2. The van der Waals surface area contributed by atoms with Crippen LogP contribution in [0.3, 0.4) is 0 Å². The van der Waals surface area contributed by atoms with Crippen molar-refractivity contribution in [3.05, 3.63) is 150 Å². The van der Waals surface area contributed by atoms with Crippen LogP contribution in [-0.4, -0.2) is 138 Å². The molecular formula is C60H61Cl3N10O4S2. The summed E-state index contributed by atoms with van der Waals surface area (Å²) in [5.41, 5.74) is 14.1. The van der Waals surface area contributed by atoms with Crippen molar-refractivity contribution in [2.24, 2.45) is 0 Å². The van der Waals surface area contributed by atoms with E-state index >= 15 is 0 Å². The number of halogens is 3. The Morgan fingerprint density at radius 3 is 1.56 bits per heavy atom. The maximum atomic E-state index is 12.4. The molecule has 2 unspecified atom stereocenters. The normalized spacial score (nSPS) is 18.7. The number of nitrogens with zero attached hydrogens (tertiary/aromatic N) is 9. The molecule has 79 heavy (non-hydrogen) atoms. The number of anilines is 2. The molecule has 0 bridgehead atoms. The van der Waals surface area contributed by atoms with Crippen LogP contribution >= 0.6 is 57.5 Å². The van der Waals surface area contributed by atoms with Crippen molar-refractivity contribution in [1.29, 1.82) is 10.5 Å². The zero-order valence-electron chi connectivity index (χ0n) is 44.0. The fourth-order valence-electron chi connectivity index (χ4n) is 11.0. The highest BCUT2D eigenvalue weighted by Crippen LogP contribution is 2.44. The van der Waals surface area contributed by atoms with Crippen LogP contribution in [0.15, 0.2) is 97.1 Å². The number of aryl methyl sites for hydroxylation is 2. The third-order valence-corrected chi connectivity index (χ3v) is 18.4. The van der Waals surface area contributed by atoms with Gasteiger partial charge in [0.1, 0.15) is 39.2 Å². The number of β-amino-alcohol motifs (C(OH)–C–C–N with tert-alkyl or cyclic N) is 2. The number of likely N-dealkylation sites (tertiary alicyclic amines) is 2. The van der Waals surface area contributed by atoms with Crippen molar-refractivity contribution in [3.63, 3.8) is 0 Å². The standard InChI is InChI=1S/C30H30ClN5O2S.C25H23ClN4S.C5H8ClNO2/c1-34(30-33-29(27(15-32)39-30)21-4-7-23(31)8-5-21)26-9-6-20-2-3-22(14-25(20)26)19-10-12-35(13-11-19)18-28(38)36-16-24(37)17-36;1-30(25-29-24(23(15-27)31-25)18-4-7-20(26)8-5-18)22-9-6-17-2-3-19(14-21(17)22)16-10-12-28-13-11-16;6-1-5(9)7-2-4(8)3-7/h2-5,7-8,10,14,24,26,37H,6,9,11-13,16-18H2,1H3;2-5,7-8,10,14,22,28H,6,9,11-13H2,1H3;4,8H,1-3H2. The second-order valence-electron chi connectivity index (χ2n) is 20.7. The number of carbonyl (C=O) groups excluding carboxylic acids is 2. The van der Waals surface area contributed by atoms with Gasteiger partial charge in [-0.25, -0.2) is 9.97 Å². The van der Waals surface area contributed by atoms with E-state index in [2.05, 4.69) is 94.8 Å². The van der Waals surface area contributed by atoms with Gasteiger partial charge in [0.15, 0.2) is 10.3 Å². The molecule has 6 heterocycles. The minimum Gasteiger partial charge on any atom is -0.389 e. The van der Waals surface area contributed by atoms with Gasteiger partial charge in [-0.15, -0.1) is 11.6 Å². The second-order valence-corrected chi connectivity index (χ2v) is 23.8. The Balaban J connectivity index is 0.000000157. The number of hydrogen-bond acceptors (Lipinski definition) is 14. The number of nitrogens with one attached hydrogen (secondary N) is 1. The number of aliphatic hydroxyl groups excluding tert-OH is 2. The molecule has 2 fully saturated rings. The third-order valence-electron chi connectivity index (χ3n) is 15.6. The van der Waals surface area contributed by atoms with Gasteiger partial charge >= 0.3 is 0 Å². The minimum absolute atomic E-state index is 0.0206. The molecule has 2 aliphatic carbocycles. The first-order valence-corrected chi connectivity index (χ1v) is 29.5. The number of thiazole rings is 2. The average Bonchev–Trinajstić information content (AvgIpc) is 4.31. The molecule has 6 aromatic rings. The summed E-state index contributed by atoms with van der Waals surface area (Å²) >= 11 is 20.2. The smallest absolute Gasteiger partial charge is 0.237 e. The monoisotopic (exact) mass is 1150 g/mol. The molecule has 6 aliphatic rings. The number of alkyl halides is 1. The molecule has 2 amide bonds. The van der Waals surface area contributed by atoms with E-state index in [4.69, 9.17) is 49.9 Å². The van der Waals surface area contributed by atoms with Crippen LogP contribution in [0.25, 0.3) is 33.7 Å². The number of nitriles is 2. The number of hydrogen-bond donors (Lipinski definition) is 3. The summed E-state index contributed by atoms with van der Waals surface area (Å²) in [7, 11) is 4.17. The molecule has 4 aromatic carbocycles. The Morgan fingerprint density at radius 2 is 1.14 bits per heavy atom. The Bertz CT molecular complexity index is 3360. The molecule has 19 heteroatoms. The summed E-state index contributed by atoms with van der Waals surface area (Å²) in [6.07, 6.45) is 10.0. The molecule has 408 valence electrons. The van der Waals surface area contributed by atoms with Crippen LogP contribution in [0.4, 0.5) is 10.3 Å². The summed E-state index contributed by atoms with van der Waals surface area (Å²) in [6.45, 7) is 5.80. The van der Waals surface area contributed by atoms with E-state index in [1.165, 1.54) is 72.1 Å². The van der Waals surface area contributed by atoms with Gasteiger partial charge in [-0.3, -0.25) is 14.5 Å². The Hall–Kier alpha value is -6.15. The lowest BCUT2D eigenvalue weighted by atomic mass is 9.95. The van der Waals surface area contributed by atoms with Gasteiger partial charge in [-0.1, -0.05) is 107 Å². The topological polar surface area (TPSA) is 176 Å². The van der Waals surface area contributed by atoms with Gasteiger partial charge in [0.05, 0.1) is 30.8 Å². The van der Waals surface area contributed by atoms with Gasteiger partial charge in [-0.2, -0.15) is 10.5 Å². The average molecular weight is 1160 g/mol. The van der Waals surface area contributed by atoms with Gasteiger partial charge in [0.2, 0.25) is 11.8 Å². The van der Waals surface area contributed by atoms with E-state index in [0.717, 1.165) is 91.8 Å². The first kappa shape index (κ1) is 56.1. The number of fused-ring (bicyclic) bond motifs is 2. The third kappa shape index (κ3) is 12.7. The molecule has 2 atom stereocenters. The first-order chi connectivity index (χ1) is 38.3. The highest BCUT2D eigenvalue weighted by molar-refractivity contribution is 7.16. The van der Waals surface area contributed by atoms with Crippen LogP contribution in [0.2, 0.25) is 10.0 Å². The molecule has 14 nitrogen and oxygen atoms in total. The fraction of sp³-hybridized carbons (Fsp3) is 0.367. The van der Waals surface area contributed by atoms with Crippen molar-refractivity contribution in [2.75, 3.05) is 88.7 Å². The lowest BCUT2D eigenvalue weighted by Crippen LogP contribution is -2.56. The van der Waals surface area contributed by atoms with Crippen LogP contribution in [0.5, 0.6) is 0 Å². The maximum Gasteiger partial charge on any atom is 0.237 e. The van der Waals surface area contributed by atoms with E-state index in [1.54, 1.807) is 4.90 Å². The molecule has 0 spiro atoms. The Labute approximate surface area is 484 Å². The minimum atomic E-state index is -0.362. The van der Waals surface area contributed by atoms with E-state index in [9.17, 15) is 25.2 Å². The Morgan fingerprint density at radius 1 is 0.671 bits per heavy atom. The molecule has 2 saturated heterocycles. The molecule has 4 aliphatic heterocycles. The lowest BCUT2D eigenvalue weighted by molar-refractivity contribution is -0.142. The molecule has 0 saturated carbocycles. The highest BCUT2D eigenvalue weighted by atomic mass is 35.5. The lowest BCUT2D eigenvalue weighted by Gasteiger charge is -2.37. The Kier molecular flexibility index (Phi) is 17.8. The first-order valence-electron chi connectivity index (χ1n) is 26.6. The van der Waals surface area contributed by atoms with Crippen molar-refractivity contribution in [1.82, 2.24) is 30.0 Å². The number of aromatic nitrogens is 2. The van der Waals surface area contributed by atoms with Gasteiger partial charge in [0, 0.05) is 81.1 Å². The van der Waals surface area contributed by atoms with Crippen molar-refractivity contribution in [3.8, 4) is 34.7 Å². The summed E-state index contributed by atoms with van der Waals surface area (Å²) in [6, 6.07) is 33.9. The van der Waals surface area contributed by atoms with Gasteiger partial charge < -0.3 is 35.1 Å². The molecular weight excluding hydrogens is 1100 g/mol. The van der Waals surface area contributed by atoms with Crippen molar-refractivity contribution in [2.45, 2.75) is 62.8 Å². The number of aliphatic hydroxyl groups is 2. The van der Waals surface area contributed by atoms with Crippen LogP contribution in [0, 0.1) is 22.7 Å². The molecule has 2 aromatic heterocycles. The van der Waals surface area contributed by atoms with E-state index in [-0.39, 0.29) is 42.0 Å². The maximum absolute atomic E-state index is 12.4. The van der Waals surface area contributed by atoms with Crippen LogP contribution in [0.1, 0.15) is 80.9 Å². The summed E-state index contributed by atoms with van der Waals surface area (Å²) < 4.78 is 0. The highest BCUT2D eigenvalue weighted by Gasteiger charge is 2.33.